The zero-order valence-corrected chi connectivity index (χ0v) is 8.98. The van der Waals surface area contributed by atoms with E-state index in [2.05, 4.69) is 9.24 Å². The van der Waals surface area contributed by atoms with Crippen molar-refractivity contribution in [2.24, 2.45) is 0 Å². The van der Waals surface area contributed by atoms with Crippen molar-refractivity contribution >= 4 is 31.5 Å². The largest absolute Gasteiger partial charge is 0.192 e. The average Bonchev–Trinajstić information content (AvgIpc) is 2.04. The molecule has 0 aliphatic rings. The second kappa shape index (κ2) is 4.88. The molecule has 0 bridgehead atoms. The Hall–Kier alpha value is -0.890. The van der Waals surface area contributed by atoms with Crippen LogP contribution in [0.15, 0.2) is 18.2 Å². The van der Waals surface area contributed by atoms with Crippen LogP contribution in [0.2, 0.25) is 0 Å². The Balaban J connectivity index is 0.00000121. The Labute approximate surface area is 83.8 Å². The normalized spacial score (nSPS) is 7.58. The van der Waals surface area contributed by atoms with Crippen LogP contribution >= 0.6 is 26.2 Å². The first-order valence-corrected chi connectivity index (χ1v) is 3.55. The molecule has 2 nitrogen and oxygen atoms in total. The third kappa shape index (κ3) is 2.31. The van der Waals surface area contributed by atoms with E-state index < -0.39 is 0 Å². The number of nitrogens with zero attached hydrogens (tertiary/aromatic N) is 2. The quantitative estimate of drug-likeness (QED) is 0.646. The molecule has 0 saturated carbocycles. The molecule has 1 unspecified atom stereocenters. The summed E-state index contributed by atoms with van der Waals surface area (Å²) in [5.74, 6) is 0. The Kier molecular flexibility index (Phi) is 4.52. The number of hydrogen-bond acceptors (Lipinski definition) is 2. The Morgan fingerprint density at radius 1 is 1.08 bits per heavy atom. The topological polar surface area (TPSA) is 47.6 Å². The van der Waals surface area contributed by atoms with Crippen molar-refractivity contribution in [2.45, 2.75) is 0 Å². The van der Waals surface area contributed by atoms with Crippen molar-refractivity contribution in [2.75, 3.05) is 0 Å². The standard InChI is InChI=1S/C8H5N2P.BrH/c9-4-6-1-2-8(11)3-7(6)5-10;/h1-3H,11H2;1H. The smallest absolute Gasteiger partial charge is 0.101 e. The van der Waals surface area contributed by atoms with Gasteiger partial charge in [-0.1, -0.05) is 6.07 Å². The SMILES string of the molecule is Br.N#Cc1ccc(P)cc1C#N. The molecule has 0 radical (unpaired) electrons. The molecular weight excluding hydrogens is 235 g/mol. The van der Waals surface area contributed by atoms with E-state index in [0.717, 1.165) is 5.30 Å². The lowest BCUT2D eigenvalue weighted by atomic mass is 10.1. The molecule has 1 rings (SSSR count). The second-order valence-corrected chi connectivity index (χ2v) is 2.70. The summed E-state index contributed by atoms with van der Waals surface area (Å²) < 4.78 is 0. The Morgan fingerprint density at radius 3 is 2.17 bits per heavy atom. The molecular formula is C8H6BrN2P. The highest BCUT2D eigenvalue weighted by atomic mass is 79.9. The molecule has 0 spiro atoms. The highest BCUT2D eigenvalue weighted by molar-refractivity contribution is 8.93. The zero-order valence-electron chi connectivity index (χ0n) is 6.11. The van der Waals surface area contributed by atoms with E-state index in [0.29, 0.717) is 11.1 Å². The predicted molar refractivity (Wildman–Crippen MR) is 55.5 cm³/mol. The van der Waals surface area contributed by atoms with Crippen molar-refractivity contribution in [3.8, 4) is 12.1 Å². The van der Waals surface area contributed by atoms with E-state index in [9.17, 15) is 0 Å². The lowest BCUT2D eigenvalue weighted by Crippen LogP contribution is -1.93. The van der Waals surface area contributed by atoms with Crippen molar-refractivity contribution < 1.29 is 0 Å². The number of rotatable bonds is 0. The molecule has 0 N–H and O–H groups in total. The van der Waals surface area contributed by atoms with Crippen LogP contribution in [0.25, 0.3) is 0 Å². The maximum Gasteiger partial charge on any atom is 0.101 e. The van der Waals surface area contributed by atoms with E-state index >= 15 is 0 Å². The van der Waals surface area contributed by atoms with Crippen LogP contribution in [0.3, 0.4) is 0 Å². The van der Waals surface area contributed by atoms with Gasteiger partial charge in [0.25, 0.3) is 0 Å². The Morgan fingerprint density at radius 2 is 1.67 bits per heavy atom. The van der Waals surface area contributed by atoms with Gasteiger partial charge in [0.15, 0.2) is 0 Å². The molecule has 1 aromatic rings. The molecule has 1 aromatic carbocycles. The van der Waals surface area contributed by atoms with Crippen molar-refractivity contribution in [3.05, 3.63) is 29.3 Å². The summed E-state index contributed by atoms with van der Waals surface area (Å²) in [6.45, 7) is 0. The number of halogens is 1. The molecule has 0 aromatic heterocycles. The molecule has 0 aliphatic heterocycles. The lowest BCUT2D eigenvalue weighted by molar-refractivity contribution is 1.44. The number of benzene rings is 1. The summed E-state index contributed by atoms with van der Waals surface area (Å²) in [5.41, 5.74) is 0.860. The third-order valence-electron chi connectivity index (χ3n) is 1.28. The molecule has 0 aliphatic carbocycles. The first-order chi connectivity index (χ1) is 5.27. The van der Waals surface area contributed by atoms with Gasteiger partial charge in [-0.05, 0) is 17.4 Å². The van der Waals surface area contributed by atoms with Gasteiger partial charge in [-0.3, -0.25) is 0 Å². The van der Waals surface area contributed by atoms with Crippen LogP contribution in [0.4, 0.5) is 0 Å². The van der Waals surface area contributed by atoms with Gasteiger partial charge in [0.2, 0.25) is 0 Å². The summed E-state index contributed by atoms with van der Waals surface area (Å²) in [6, 6.07) is 8.98. The minimum Gasteiger partial charge on any atom is -0.192 e. The van der Waals surface area contributed by atoms with Crippen LogP contribution in [0, 0.1) is 22.7 Å². The van der Waals surface area contributed by atoms with Crippen LogP contribution in [0.5, 0.6) is 0 Å². The van der Waals surface area contributed by atoms with Crippen molar-refractivity contribution in [1.82, 2.24) is 0 Å². The van der Waals surface area contributed by atoms with E-state index in [-0.39, 0.29) is 17.0 Å². The van der Waals surface area contributed by atoms with Crippen molar-refractivity contribution in [1.29, 1.82) is 10.5 Å². The maximum absolute atomic E-state index is 8.56. The van der Waals surface area contributed by atoms with Crippen LogP contribution in [0.1, 0.15) is 11.1 Å². The lowest BCUT2D eigenvalue weighted by Gasteiger charge is -1.93. The minimum absolute atomic E-state index is 0. The zero-order chi connectivity index (χ0) is 8.27. The van der Waals surface area contributed by atoms with Gasteiger partial charge < -0.3 is 0 Å². The van der Waals surface area contributed by atoms with Gasteiger partial charge in [-0.25, -0.2) is 0 Å². The van der Waals surface area contributed by atoms with Crippen LogP contribution in [-0.4, -0.2) is 0 Å². The Bertz CT molecular complexity index is 362. The fraction of sp³-hybridized carbons (Fsp3) is 0. The highest BCUT2D eigenvalue weighted by Crippen LogP contribution is 2.04. The van der Waals surface area contributed by atoms with Crippen LogP contribution < -0.4 is 5.30 Å². The van der Waals surface area contributed by atoms with Gasteiger partial charge in [0.1, 0.15) is 12.1 Å². The molecule has 0 saturated heterocycles. The molecule has 0 amide bonds. The van der Waals surface area contributed by atoms with Gasteiger partial charge in [0.05, 0.1) is 11.1 Å². The first kappa shape index (κ1) is 11.1. The highest BCUT2D eigenvalue weighted by Gasteiger charge is 1.98. The van der Waals surface area contributed by atoms with E-state index in [1.54, 1.807) is 18.2 Å². The molecule has 4 heteroatoms. The second-order valence-electron chi connectivity index (χ2n) is 2.03. The van der Waals surface area contributed by atoms with Gasteiger partial charge in [0, 0.05) is 0 Å². The summed E-state index contributed by atoms with van der Waals surface area (Å²) >= 11 is 0. The van der Waals surface area contributed by atoms with E-state index in [4.69, 9.17) is 10.5 Å². The third-order valence-corrected chi connectivity index (χ3v) is 1.64. The van der Waals surface area contributed by atoms with E-state index in [1.807, 2.05) is 12.1 Å². The monoisotopic (exact) mass is 240 g/mol. The summed E-state index contributed by atoms with van der Waals surface area (Å²) in [6.07, 6.45) is 0. The molecule has 12 heavy (non-hydrogen) atoms. The maximum atomic E-state index is 8.56. The molecule has 0 heterocycles. The molecule has 0 fully saturated rings. The molecule has 1 atom stereocenters. The van der Waals surface area contributed by atoms with Gasteiger partial charge in [-0.2, -0.15) is 10.5 Å². The average molecular weight is 241 g/mol. The number of nitriles is 2. The van der Waals surface area contributed by atoms with E-state index in [1.165, 1.54) is 0 Å². The van der Waals surface area contributed by atoms with Crippen LogP contribution in [-0.2, 0) is 0 Å². The summed E-state index contributed by atoms with van der Waals surface area (Å²) in [5, 5.41) is 18.0. The fourth-order valence-electron chi connectivity index (χ4n) is 0.752. The summed E-state index contributed by atoms with van der Waals surface area (Å²) in [4.78, 5) is 0. The summed E-state index contributed by atoms with van der Waals surface area (Å²) in [7, 11) is 2.48. The van der Waals surface area contributed by atoms with Gasteiger partial charge in [-0.15, -0.1) is 26.2 Å². The molecule has 60 valence electrons. The minimum atomic E-state index is 0. The first-order valence-electron chi connectivity index (χ1n) is 2.97. The predicted octanol–water partition coefficient (Wildman–Crippen LogP) is 1.51. The number of hydrogen-bond donors (Lipinski definition) is 0. The van der Waals surface area contributed by atoms with Crippen molar-refractivity contribution in [3.63, 3.8) is 0 Å². The fourth-order valence-corrected chi connectivity index (χ4v) is 1.01. The van der Waals surface area contributed by atoms with Gasteiger partial charge >= 0.3 is 0 Å².